The predicted molar refractivity (Wildman–Crippen MR) is 97.0 cm³/mol. The van der Waals surface area contributed by atoms with E-state index in [-0.39, 0.29) is 31.1 Å². The number of fused-ring (bicyclic) bond motifs is 1. The molecule has 0 saturated carbocycles. The molecular weight excluding hydrogens is 334 g/mol. The van der Waals surface area contributed by atoms with Crippen molar-refractivity contribution in [1.82, 2.24) is 5.32 Å². The summed E-state index contributed by atoms with van der Waals surface area (Å²) in [4.78, 5) is 24.6. The maximum atomic E-state index is 12.6. The third-order valence-electron chi connectivity index (χ3n) is 4.12. The molecule has 1 unspecified atom stereocenters. The number of carbonyl (C=O) groups excluding carboxylic acids is 2. The van der Waals surface area contributed by atoms with Crippen molar-refractivity contribution in [2.75, 3.05) is 18.7 Å². The Morgan fingerprint density at radius 3 is 2.73 bits per heavy atom. The second kappa shape index (κ2) is 7.88. The molecule has 26 heavy (non-hydrogen) atoms. The fraction of sp³-hybridized carbons (Fsp3) is 0.263. The van der Waals surface area contributed by atoms with Crippen LogP contribution in [0, 0.1) is 5.92 Å². The molecule has 4 N–H and O–H groups in total. The number of para-hydroxylation sites is 1. The number of hydrogen-bond acceptors (Lipinski definition) is 5. The van der Waals surface area contributed by atoms with Gasteiger partial charge in [-0.3, -0.25) is 9.59 Å². The first kappa shape index (κ1) is 17.8. The fourth-order valence-electron chi connectivity index (χ4n) is 2.48. The summed E-state index contributed by atoms with van der Waals surface area (Å²) in [5, 5.41) is 5.61. The molecule has 0 aromatic heterocycles. The monoisotopic (exact) mass is 355 g/mol. The van der Waals surface area contributed by atoms with Crippen LogP contribution in [0.1, 0.15) is 22.8 Å². The second-order valence-corrected chi connectivity index (χ2v) is 6.04. The molecule has 1 aliphatic heterocycles. The predicted octanol–water partition coefficient (Wildman–Crippen LogP) is 1.88. The molecule has 1 heterocycles. The number of nitrogens with one attached hydrogen (secondary N) is 2. The van der Waals surface area contributed by atoms with E-state index in [2.05, 4.69) is 10.6 Å². The number of amides is 2. The maximum Gasteiger partial charge on any atom is 0.253 e. The van der Waals surface area contributed by atoms with Crippen molar-refractivity contribution in [1.29, 1.82) is 0 Å². The highest BCUT2D eigenvalue weighted by Crippen LogP contribution is 2.32. The van der Waals surface area contributed by atoms with Crippen molar-refractivity contribution in [3.05, 3.63) is 53.6 Å². The van der Waals surface area contributed by atoms with Crippen molar-refractivity contribution in [2.24, 2.45) is 11.7 Å². The minimum atomic E-state index is -0.334. The van der Waals surface area contributed by atoms with E-state index in [0.29, 0.717) is 29.3 Å². The van der Waals surface area contributed by atoms with Crippen LogP contribution in [0.25, 0.3) is 0 Å². The van der Waals surface area contributed by atoms with Gasteiger partial charge in [-0.1, -0.05) is 25.1 Å². The fourth-order valence-corrected chi connectivity index (χ4v) is 2.48. The van der Waals surface area contributed by atoms with Gasteiger partial charge in [0.1, 0.15) is 0 Å². The van der Waals surface area contributed by atoms with Gasteiger partial charge in [0, 0.05) is 19.0 Å². The second-order valence-electron chi connectivity index (χ2n) is 6.04. The summed E-state index contributed by atoms with van der Waals surface area (Å²) in [6.45, 7) is 2.51. The van der Waals surface area contributed by atoms with Gasteiger partial charge in [0.15, 0.2) is 11.5 Å². The first-order chi connectivity index (χ1) is 12.6. The van der Waals surface area contributed by atoms with E-state index in [1.54, 1.807) is 31.2 Å². The van der Waals surface area contributed by atoms with Gasteiger partial charge in [0.2, 0.25) is 12.7 Å². The van der Waals surface area contributed by atoms with Gasteiger partial charge in [-0.05, 0) is 29.8 Å². The summed E-state index contributed by atoms with van der Waals surface area (Å²) in [6, 6.07) is 12.4. The minimum Gasteiger partial charge on any atom is -0.454 e. The van der Waals surface area contributed by atoms with E-state index in [0.717, 1.165) is 5.56 Å². The highest BCUT2D eigenvalue weighted by Gasteiger charge is 2.17. The Labute approximate surface area is 151 Å². The van der Waals surface area contributed by atoms with Crippen LogP contribution in [-0.4, -0.2) is 25.2 Å². The average Bonchev–Trinajstić information content (AvgIpc) is 3.13. The van der Waals surface area contributed by atoms with Crippen LogP contribution in [0.3, 0.4) is 0 Å². The van der Waals surface area contributed by atoms with Crippen LogP contribution >= 0.6 is 0 Å². The van der Waals surface area contributed by atoms with Crippen molar-refractivity contribution in [2.45, 2.75) is 13.5 Å². The molecule has 0 radical (unpaired) electrons. The number of hydrogen-bond donors (Lipinski definition) is 3. The summed E-state index contributed by atoms with van der Waals surface area (Å²) in [6.07, 6.45) is 0. The zero-order valence-electron chi connectivity index (χ0n) is 14.5. The quantitative estimate of drug-likeness (QED) is 0.734. The van der Waals surface area contributed by atoms with E-state index >= 15 is 0 Å². The standard InChI is InChI=1S/C19H21N3O4/c1-12(9-20)18(23)22-15-5-3-2-4-14(15)19(24)21-10-13-6-7-16-17(8-13)26-11-25-16/h2-8,12H,9-11,20H2,1H3,(H,21,24)(H,22,23). The Morgan fingerprint density at radius 1 is 1.15 bits per heavy atom. The molecule has 0 spiro atoms. The van der Waals surface area contributed by atoms with Gasteiger partial charge in [0.05, 0.1) is 11.3 Å². The summed E-state index contributed by atoms with van der Waals surface area (Å²) in [7, 11) is 0. The molecule has 0 fully saturated rings. The third kappa shape index (κ3) is 3.94. The van der Waals surface area contributed by atoms with Gasteiger partial charge in [0.25, 0.3) is 5.91 Å². The summed E-state index contributed by atoms with van der Waals surface area (Å²) in [5.74, 6) is 0.532. The largest absolute Gasteiger partial charge is 0.454 e. The molecular formula is C19H21N3O4. The number of ether oxygens (including phenoxy) is 2. The molecule has 1 atom stereocenters. The van der Waals surface area contributed by atoms with Gasteiger partial charge in [-0.25, -0.2) is 0 Å². The molecule has 0 saturated heterocycles. The molecule has 2 amide bonds. The lowest BCUT2D eigenvalue weighted by atomic mass is 10.1. The Bertz CT molecular complexity index is 822. The van der Waals surface area contributed by atoms with Crippen LogP contribution in [-0.2, 0) is 11.3 Å². The zero-order chi connectivity index (χ0) is 18.5. The van der Waals surface area contributed by atoms with Crippen molar-refractivity contribution in [3.63, 3.8) is 0 Å². The zero-order valence-corrected chi connectivity index (χ0v) is 14.5. The summed E-state index contributed by atoms with van der Waals surface area (Å²) in [5.41, 5.74) is 7.26. The Kier molecular flexibility index (Phi) is 5.38. The van der Waals surface area contributed by atoms with Crippen molar-refractivity contribution < 1.29 is 19.1 Å². The van der Waals surface area contributed by atoms with E-state index in [1.165, 1.54) is 0 Å². The maximum absolute atomic E-state index is 12.6. The molecule has 0 bridgehead atoms. The first-order valence-corrected chi connectivity index (χ1v) is 8.35. The lowest BCUT2D eigenvalue weighted by molar-refractivity contribution is -0.119. The van der Waals surface area contributed by atoms with Gasteiger partial charge in [-0.2, -0.15) is 0 Å². The molecule has 7 heteroatoms. The van der Waals surface area contributed by atoms with Gasteiger partial charge in [-0.15, -0.1) is 0 Å². The van der Waals surface area contributed by atoms with Crippen molar-refractivity contribution in [3.8, 4) is 11.5 Å². The van der Waals surface area contributed by atoms with Crippen LogP contribution in [0.15, 0.2) is 42.5 Å². The van der Waals surface area contributed by atoms with Crippen LogP contribution in [0.4, 0.5) is 5.69 Å². The van der Waals surface area contributed by atoms with Gasteiger partial charge >= 0.3 is 0 Å². The minimum absolute atomic E-state index is 0.208. The molecule has 2 aromatic rings. The summed E-state index contributed by atoms with van der Waals surface area (Å²) >= 11 is 0. The van der Waals surface area contributed by atoms with E-state index in [1.807, 2.05) is 18.2 Å². The number of rotatable bonds is 6. The SMILES string of the molecule is CC(CN)C(=O)Nc1ccccc1C(=O)NCc1ccc2c(c1)OCO2. The molecule has 7 nitrogen and oxygen atoms in total. The van der Waals surface area contributed by atoms with Crippen LogP contribution in [0.5, 0.6) is 11.5 Å². The Balaban J connectivity index is 1.67. The highest BCUT2D eigenvalue weighted by molar-refractivity contribution is 6.04. The van der Waals surface area contributed by atoms with Crippen LogP contribution in [0.2, 0.25) is 0 Å². The van der Waals surface area contributed by atoms with E-state index < -0.39 is 0 Å². The third-order valence-corrected chi connectivity index (χ3v) is 4.12. The molecule has 0 aliphatic carbocycles. The molecule has 3 rings (SSSR count). The molecule has 2 aromatic carbocycles. The lowest BCUT2D eigenvalue weighted by Crippen LogP contribution is -2.29. The highest BCUT2D eigenvalue weighted by atomic mass is 16.7. The Morgan fingerprint density at radius 2 is 1.92 bits per heavy atom. The number of benzene rings is 2. The first-order valence-electron chi connectivity index (χ1n) is 8.35. The Hall–Kier alpha value is -3.06. The topological polar surface area (TPSA) is 103 Å². The number of carbonyl (C=O) groups is 2. The van der Waals surface area contributed by atoms with Gasteiger partial charge < -0.3 is 25.8 Å². The number of nitrogens with two attached hydrogens (primary N) is 1. The lowest BCUT2D eigenvalue weighted by Gasteiger charge is -2.14. The van der Waals surface area contributed by atoms with E-state index in [4.69, 9.17) is 15.2 Å². The number of anilines is 1. The average molecular weight is 355 g/mol. The smallest absolute Gasteiger partial charge is 0.253 e. The molecule has 1 aliphatic rings. The van der Waals surface area contributed by atoms with Crippen molar-refractivity contribution >= 4 is 17.5 Å². The van der Waals surface area contributed by atoms with Crippen LogP contribution < -0.4 is 25.8 Å². The van der Waals surface area contributed by atoms with E-state index in [9.17, 15) is 9.59 Å². The normalized spacial score (nSPS) is 13.2. The molecule has 136 valence electrons. The summed E-state index contributed by atoms with van der Waals surface area (Å²) < 4.78 is 10.6.